The lowest BCUT2D eigenvalue weighted by molar-refractivity contribution is 0.154. The highest BCUT2D eigenvalue weighted by Crippen LogP contribution is 2.38. The van der Waals surface area contributed by atoms with Crippen LogP contribution in [0.4, 0.5) is 10.7 Å². The molecule has 3 aromatic rings. The molecule has 4 N–H and O–H groups in total. The normalized spacial score (nSPS) is 15.2. The van der Waals surface area contributed by atoms with E-state index in [1.54, 1.807) is 0 Å². The molecule has 11 heteroatoms. The summed E-state index contributed by atoms with van der Waals surface area (Å²) in [5.41, 5.74) is 8.18. The first-order chi connectivity index (χ1) is 19.9. The number of nitrogens with two attached hydrogens (primary N) is 1. The van der Waals surface area contributed by atoms with Crippen LogP contribution >= 0.6 is 23.2 Å². The van der Waals surface area contributed by atoms with Crippen molar-refractivity contribution in [1.29, 1.82) is 0 Å². The zero-order valence-electron chi connectivity index (χ0n) is 24.1. The summed E-state index contributed by atoms with van der Waals surface area (Å²) in [7, 11) is 2.17. The van der Waals surface area contributed by atoms with Gasteiger partial charge in [-0.2, -0.15) is 4.98 Å². The number of hydrogen-bond acceptors (Lipinski definition) is 7. The molecule has 2 aromatic heterocycles. The number of anilines is 1. The van der Waals surface area contributed by atoms with Gasteiger partial charge in [0, 0.05) is 61.8 Å². The number of unbranched alkanes of at least 4 members (excludes halogenated alkanes) is 2. The molecule has 1 aromatic carbocycles. The Morgan fingerprint density at radius 3 is 2.44 bits per heavy atom. The van der Waals surface area contributed by atoms with Crippen LogP contribution in [0.3, 0.4) is 0 Å². The smallest absolute Gasteiger partial charge is 0.312 e. The fraction of sp³-hybridized carbons (Fsp3) is 0.533. The topological polar surface area (TPSA) is 112 Å². The van der Waals surface area contributed by atoms with Crippen LogP contribution in [0.2, 0.25) is 10.0 Å². The van der Waals surface area contributed by atoms with Crippen LogP contribution in [0.15, 0.2) is 30.3 Å². The summed E-state index contributed by atoms with van der Waals surface area (Å²) < 4.78 is 0. The number of piperazine rings is 1. The molecule has 1 fully saturated rings. The van der Waals surface area contributed by atoms with E-state index in [1.165, 1.54) is 0 Å². The summed E-state index contributed by atoms with van der Waals surface area (Å²) >= 11 is 13.3. The summed E-state index contributed by atoms with van der Waals surface area (Å²) in [5, 5.41) is 7.99. The highest BCUT2D eigenvalue weighted by Gasteiger charge is 2.19. The number of benzene rings is 1. The molecule has 0 aliphatic carbocycles. The van der Waals surface area contributed by atoms with Gasteiger partial charge in [-0.05, 0) is 63.5 Å². The van der Waals surface area contributed by atoms with Gasteiger partial charge in [-0.15, -0.1) is 0 Å². The molecular formula is C30H42Cl2N8O. The Kier molecular flexibility index (Phi) is 11.8. The molecule has 0 spiro atoms. The fourth-order valence-corrected chi connectivity index (χ4v) is 5.86. The third kappa shape index (κ3) is 8.88. The Bertz CT molecular complexity index is 1280. The summed E-state index contributed by atoms with van der Waals surface area (Å²) in [6.45, 7) is 9.03. The van der Waals surface area contributed by atoms with E-state index in [-0.39, 0.29) is 0 Å². The summed E-state index contributed by atoms with van der Waals surface area (Å²) in [6, 6.07) is 9.14. The molecule has 1 aliphatic heterocycles. The first kappa shape index (κ1) is 31.2. The van der Waals surface area contributed by atoms with E-state index < -0.39 is 6.03 Å². The van der Waals surface area contributed by atoms with Crippen molar-refractivity contribution in [2.45, 2.75) is 51.4 Å². The molecule has 1 unspecified atom stereocenters. The van der Waals surface area contributed by atoms with Gasteiger partial charge in [-0.25, -0.2) is 14.8 Å². The predicted octanol–water partition coefficient (Wildman–Crippen LogP) is 5.77. The van der Waals surface area contributed by atoms with Gasteiger partial charge in [0.2, 0.25) is 5.95 Å². The zero-order chi connectivity index (χ0) is 29.2. The second-order valence-corrected chi connectivity index (χ2v) is 11.6. The molecule has 0 saturated carbocycles. The van der Waals surface area contributed by atoms with Crippen LogP contribution in [0.1, 0.15) is 57.1 Å². The van der Waals surface area contributed by atoms with Crippen molar-refractivity contribution >= 4 is 46.2 Å². The number of carbonyl (C=O) groups is 1. The lowest BCUT2D eigenvalue weighted by atomic mass is 9.94. The number of aromatic nitrogens is 3. The van der Waals surface area contributed by atoms with Crippen LogP contribution in [-0.4, -0.2) is 83.6 Å². The molecule has 222 valence electrons. The van der Waals surface area contributed by atoms with Crippen LogP contribution < -0.4 is 16.4 Å². The van der Waals surface area contributed by atoms with Gasteiger partial charge in [-0.1, -0.05) is 49.0 Å². The minimum atomic E-state index is -0.472. The van der Waals surface area contributed by atoms with Crippen LogP contribution in [-0.2, 0) is 0 Å². The van der Waals surface area contributed by atoms with Crippen molar-refractivity contribution in [2.24, 2.45) is 5.73 Å². The van der Waals surface area contributed by atoms with Crippen molar-refractivity contribution in [2.75, 3.05) is 58.2 Å². The number of primary amides is 1. The first-order valence-electron chi connectivity index (χ1n) is 14.7. The minimum absolute atomic E-state index is 0.311. The van der Waals surface area contributed by atoms with Gasteiger partial charge >= 0.3 is 6.03 Å². The van der Waals surface area contributed by atoms with E-state index in [1.807, 2.05) is 24.3 Å². The number of likely N-dealkylation sites (N-methyl/N-ethyl adjacent to an activating group) is 1. The number of pyridine rings is 1. The fourth-order valence-electron chi connectivity index (χ4n) is 5.29. The monoisotopic (exact) mass is 600 g/mol. The highest BCUT2D eigenvalue weighted by molar-refractivity contribution is 6.39. The molecule has 1 saturated heterocycles. The average Bonchev–Trinajstić information content (AvgIpc) is 2.95. The number of halogens is 2. The maximum absolute atomic E-state index is 10.9. The molecule has 1 atom stereocenters. The van der Waals surface area contributed by atoms with Crippen molar-refractivity contribution in [1.82, 2.24) is 30.1 Å². The second kappa shape index (κ2) is 15.5. The van der Waals surface area contributed by atoms with Gasteiger partial charge in [-0.3, -0.25) is 0 Å². The Morgan fingerprint density at radius 1 is 0.976 bits per heavy atom. The second-order valence-electron chi connectivity index (χ2n) is 10.8. The number of carbonyl (C=O) groups excluding carboxylic acids is 1. The van der Waals surface area contributed by atoms with Crippen LogP contribution in [0.25, 0.3) is 22.3 Å². The maximum atomic E-state index is 10.9. The lowest BCUT2D eigenvalue weighted by Gasteiger charge is -2.32. The van der Waals surface area contributed by atoms with Crippen LogP contribution in [0.5, 0.6) is 0 Å². The van der Waals surface area contributed by atoms with E-state index in [0.717, 1.165) is 88.9 Å². The predicted molar refractivity (Wildman–Crippen MR) is 169 cm³/mol. The highest BCUT2D eigenvalue weighted by atomic mass is 35.5. The quantitative estimate of drug-likeness (QED) is 0.201. The van der Waals surface area contributed by atoms with Gasteiger partial charge < -0.3 is 26.2 Å². The third-order valence-corrected chi connectivity index (χ3v) is 8.38. The molecule has 4 rings (SSSR count). The minimum Gasteiger partial charge on any atom is -0.354 e. The number of nitrogens with zero attached hydrogens (tertiary/aromatic N) is 5. The summed E-state index contributed by atoms with van der Waals surface area (Å²) in [6.07, 6.45) is 5.95. The van der Waals surface area contributed by atoms with E-state index in [2.05, 4.69) is 40.5 Å². The average molecular weight is 602 g/mol. The summed E-state index contributed by atoms with van der Waals surface area (Å²) in [5.74, 6) is 0.840. The molecule has 9 nitrogen and oxygen atoms in total. The molecular weight excluding hydrogens is 559 g/mol. The zero-order valence-corrected chi connectivity index (χ0v) is 25.6. The Hall–Kier alpha value is -2.72. The Balaban J connectivity index is 1.52. The van der Waals surface area contributed by atoms with Crippen molar-refractivity contribution in [3.8, 4) is 11.3 Å². The van der Waals surface area contributed by atoms with E-state index in [9.17, 15) is 4.79 Å². The lowest BCUT2D eigenvalue weighted by Crippen LogP contribution is -2.44. The largest absolute Gasteiger partial charge is 0.354 e. The Morgan fingerprint density at radius 2 is 1.73 bits per heavy atom. The third-order valence-electron chi connectivity index (χ3n) is 7.75. The number of amides is 2. The molecule has 0 bridgehead atoms. The van der Waals surface area contributed by atoms with E-state index >= 15 is 0 Å². The molecule has 0 radical (unpaired) electrons. The molecule has 41 heavy (non-hydrogen) atoms. The van der Waals surface area contributed by atoms with Gasteiger partial charge in [0.05, 0.1) is 15.7 Å². The van der Waals surface area contributed by atoms with Crippen molar-refractivity contribution < 1.29 is 4.79 Å². The van der Waals surface area contributed by atoms with Gasteiger partial charge in [0.25, 0.3) is 0 Å². The van der Waals surface area contributed by atoms with Crippen molar-refractivity contribution in [3.63, 3.8) is 0 Å². The maximum Gasteiger partial charge on any atom is 0.312 e. The van der Waals surface area contributed by atoms with Gasteiger partial charge in [0.1, 0.15) is 0 Å². The van der Waals surface area contributed by atoms with Crippen LogP contribution in [0, 0.1) is 0 Å². The van der Waals surface area contributed by atoms with E-state index in [4.69, 9.17) is 43.9 Å². The standard InChI is InChI=1S/C30H42Cl2N8O/c1-3-21(9-5-4-6-14-34-29(33)41)25-13-12-22-27(26-23(31)10-7-11-24(26)32)37-30(38-28(22)36-25)35-15-8-16-40-19-17-39(2)18-20-40/h7,10-13,21H,3-6,8-9,14-20H2,1-2H3,(H3,33,34,41)(H,35,36,37,38). The number of urea groups is 1. The number of rotatable bonds is 14. The number of fused-ring (bicyclic) bond motifs is 1. The number of nitrogens with one attached hydrogen (secondary N) is 2. The SMILES string of the molecule is CCC(CCCCCNC(N)=O)c1ccc2c(-c3c(Cl)cccc3Cl)nc(NCCCN3CCN(C)CC3)nc2n1. The number of hydrogen-bond donors (Lipinski definition) is 3. The van der Waals surface area contributed by atoms with Crippen molar-refractivity contribution in [3.05, 3.63) is 46.1 Å². The molecule has 2 amide bonds. The molecule has 1 aliphatic rings. The van der Waals surface area contributed by atoms with Gasteiger partial charge in [0.15, 0.2) is 5.65 Å². The summed E-state index contributed by atoms with van der Waals surface area (Å²) in [4.78, 5) is 30.5. The van der Waals surface area contributed by atoms with E-state index in [0.29, 0.717) is 45.4 Å². The Labute approximate surface area is 253 Å². The first-order valence-corrected chi connectivity index (χ1v) is 15.4. The molecule has 3 heterocycles.